The highest BCUT2D eigenvalue weighted by atomic mass is 16.5. The highest BCUT2D eigenvalue weighted by Gasteiger charge is 2.42. The van der Waals surface area contributed by atoms with Gasteiger partial charge in [-0.1, -0.05) is 13.8 Å². The second-order valence-electron chi connectivity index (χ2n) is 3.63. The molecule has 0 aromatic heterocycles. The summed E-state index contributed by atoms with van der Waals surface area (Å²) in [6, 6.07) is 0. The smallest absolute Gasteiger partial charge is 0.320 e. The van der Waals surface area contributed by atoms with Crippen LogP contribution in [0.4, 0.5) is 0 Å². The zero-order chi connectivity index (χ0) is 12.9. The number of methoxy groups -OCH3 is 2. The van der Waals surface area contributed by atoms with E-state index in [4.69, 9.17) is 5.11 Å². The maximum atomic E-state index is 11.4. The highest BCUT2D eigenvalue weighted by Crippen LogP contribution is 2.24. The fourth-order valence-electron chi connectivity index (χ4n) is 1.46. The van der Waals surface area contributed by atoms with Gasteiger partial charge in [-0.15, -0.1) is 0 Å². The summed E-state index contributed by atoms with van der Waals surface area (Å²) in [6.07, 6.45) is 0. The molecule has 0 saturated heterocycles. The molecular formula is C10H16O6. The molecule has 1 N–H and O–H groups in total. The summed E-state index contributed by atoms with van der Waals surface area (Å²) < 4.78 is 8.83. The fraction of sp³-hybridized carbons (Fsp3) is 0.700. The lowest BCUT2D eigenvalue weighted by atomic mass is 9.83. The number of carbonyl (C=O) groups excluding carboxylic acids is 2. The van der Waals surface area contributed by atoms with E-state index in [1.54, 1.807) is 13.8 Å². The van der Waals surface area contributed by atoms with Crippen molar-refractivity contribution in [2.24, 2.45) is 17.8 Å². The maximum Gasteiger partial charge on any atom is 0.320 e. The van der Waals surface area contributed by atoms with Crippen LogP contribution in [0.25, 0.3) is 0 Å². The molecule has 0 heterocycles. The minimum atomic E-state index is -1.42. The summed E-state index contributed by atoms with van der Waals surface area (Å²) in [5, 5.41) is 8.99. The van der Waals surface area contributed by atoms with E-state index in [0.717, 1.165) is 14.2 Å². The molecule has 0 unspecified atom stereocenters. The van der Waals surface area contributed by atoms with E-state index in [0.29, 0.717) is 0 Å². The standard InChI is InChI=1S/C10H16O6/c1-5(2)6(8(11)12)7(9(13)15-3)10(14)16-4/h5-7H,1-4H3,(H,11,12)/t6-/m0/s1. The van der Waals surface area contributed by atoms with Crippen molar-refractivity contribution in [3.8, 4) is 0 Å². The third-order valence-electron chi connectivity index (χ3n) is 2.27. The molecule has 1 atom stereocenters. The SMILES string of the molecule is COC(=O)C(C(=O)OC)[C@@H](C(=O)O)C(C)C. The van der Waals surface area contributed by atoms with Gasteiger partial charge in [-0.25, -0.2) is 0 Å². The van der Waals surface area contributed by atoms with Crippen molar-refractivity contribution < 1.29 is 29.0 Å². The Morgan fingerprint density at radius 1 is 1.00 bits per heavy atom. The zero-order valence-corrected chi connectivity index (χ0v) is 9.72. The average molecular weight is 232 g/mol. The molecule has 6 nitrogen and oxygen atoms in total. The van der Waals surface area contributed by atoms with E-state index < -0.39 is 29.7 Å². The van der Waals surface area contributed by atoms with Gasteiger partial charge in [0.05, 0.1) is 20.1 Å². The monoisotopic (exact) mass is 232 g/mol. The molecule has 0 aromatic carbocycles. The minimum Gasteiger partial charge on any atom is -0.481 e. The number of aliphatic carboxylic acids is 1. The van der Waals surface area contributed by atoms with Crippen molar-refractivity contribution >= 4 is 17.9 Å². The Balaban J connectivity index is 5.20. The second kappa shape index (κ2) is 6.09. The molecule has 0 radical (unpaired) electrons. The molecule has 0 aliphatic heterocycles. The predicted octanol–water partition coefficient (Wildman–Crippen LogP) is 0.305. The Bertz CT molecular complexity index is 267. The van der Waals surface area contributed by atoms with Crippen LogP contribution >= 0.6 is 0 Å². The van der Waals surface area contributed by atoms with Crippen molar-refractivity contribution in [3.05, 3.63) is 0 Å². The van der Waals surface area contributed by atoms with Crippen LogP contribution < -0.4 is 0 Å². The lowest BCUT2D eigenvalue weighted by Gasteiger charge is -2.22. The average Bonchev–Trinajstić information content (AvgIpc) is 2.22. The summed E-state index contributed by atoms with van der Waals surface area (Å²) in [6.45, 7) is 3.22. The van der Waals surface area contributed by atoms with Crippen LogP contribution in [0.5, 0.6) is 0 Å². The van der Waals surface area contributed by atoms with Gasteiger partial charge in [-0.3, -0.25) is 14.4 Å². The van der Waals surface area contributed by atoms with Crippen molar-refractivity contribution in [1.29, 1.82) is 0 Å². The van der Waals surface area contributed by atoms with Crippen molar-refractivity contribution in [2.75, 3.05) is 14.2 Å². The first kappa shape index (κ1) is 14.4. The first-order valence-electron chi connectivity index (χ1n) is 4.75. The van der Waals surface area contributed by atoms with E-state index in [1.165, 1.54) is 0 Å². The molecular weight excluding hydrogens is 216 g/mol. The Kier molecular flexibility index (Phi) is 5.49. The number of carbonyl (C=O) groups is 3. The summed E-state index contributed by atoms with van der Waals surface area (Å²) in [5.74, 6) is -5.98. The summed E-state index contributed by atoms with van der Waals surface area (Å²) in [4.78, 5) is 33.8. The number of rotatable bonds is 5. The molecule has 92 valence electrons. The third-order valence-corrected chi connectivity index (χ3v) is 2.27. The minimum absolute atomic E-state index is 0.388. The van der Waals surface area contributed by atoms with E-state index >= 15 is 0 Å². The molecule has 16 heavy (non-hydrogen) atoms. The Morgan fingerprint density at radius 2 is 1.38 bits per heavy atom. The van der Waals surface area contributed by atoms with Crippen LogP contribution in [0.3, 0.4) is 0 Å². The van der Waals surface area contributed by atoms with Gasteiger partial charge < -0.3 is 14.6 Å². The summed E-state index contributed by atoms with van der Waals surface area (Å²) in [7, 11) is 2.19. The quantitative estimate of drug-likeness (QED) is 0.541. The Hall–Kier alpha value is -1.59. The number of hydrogen-bond acceptors (Lipinski definition) is 5. The van der Waals surface area contributed by atoms with E-state index in [9.17, 15) is 14.4 Å². The molecule has 0 aliphatic rings. The molecule has 0 amide bonds. The number of esters is 2. The number of hydrogen-bond donors (Lipinski definition) is 1. The fourth-order valence-corrected chi connectivity index (χ4v) is 1.46. The molecule has 6 heteroatoms. The van der Waals surface area contributed by atoms with Crippen LogP contribution in [0.2, 0.25) is 0 Å². The lowest BCUT2D eigenvalue weighted by molar-refractivity contribution is -0.169. The predicted molar refractivity (Wildman–Crippen MR) is 53.5 cm³/mol. The van der Waals surface area contributed by atoms with E-state index in [-0.39, 0.29) is 5.92 Å². The van der Waals surface area contributed by atoms with Gasteiger partial charge in [-0.2, -0.15) is 0 Å². The molecule has 0 aromatic rings. The highest BCUT2D eigenvalue weighted by molar-refractivity contribution is 5.98. The Morgan fingerprint density at radius 3 is 1.56 bits per heavy atom. The van der Waals surface area contributed by atoms with Crippen LogP contribution in [0.15, 0.2) is 0 Å². The van der Waals surface area contributed by atoms with Gasteiger partial charge in [0, 0.05) is 0 Å². The van der Waals surface area contributed by atoms with E-state index in [1.807, 2.05) is 0 Å². The molecule has 0 aliphatic carbocycles. The number of carboxylic acids is 1. The summed E-state index contributed by atoms with van der Waals surface area (Å²) in [5.41, 5.74) is 0. The first-order chi connectivity index (χ1) is 7.36. The van der Waals surface area contributed by atoms with Crippen molar-refractivity contribution in [1.82, 2.24) is 0 Å². The Labute approximate surface area is 93.5 Å². The summed E-state index contributed by atoms with van der Waals surface area (Å²) >= 11 is 0. The largest absolute Gasteiger partial charge is 0.481 e. The van der Waals surface area contributed by atoms with Gasteiger partial charge in [-0.05, 0) is 5.92 Å². The topological polar surface area (TPSA) is 89.9 Å². The van der Waals surface area contributed by atoms with Crippen LogP contribution in [0.1, 0.15) is 13.8 Å². The van der Waals surface area contributed by atoms with Crippen LogP contribution in [-0.4, -0.2) is 37.2 Å². The number of ether oxygens (including phenoxy) is 2. The number of carboxylic acid groups (broad SMARTS) is 1. The van der Waals surface area contributed by atoms with E-state index in [2.05, 4.69) is 9.47 Å². The van der Waals surface area contributed by atoms with Gasteiger partial charge >= 0.3 is 17.9 Å². The molecule has 0 spiro atoms. The third kappa shape index (κ3) is 3.22. The van der Waals surface area contributed by atoms with Crippen molar-refractivity contribution in [3.63, 3.8) is 0 Å². The first-order valence-corrected chi connectivity index (χ1v) is 4.75. The second-order valence-corrected chi connectivity index (χ2v) is 3.63. The van der Waals surface area contributed by atoms with Crippen LogP contribution in [-0.2, 0) is 23.9 Å². The molecule has 0 fully saturated rings. The normalized spacial score (nSPS) is 12.4. The lowest BCUT2D eigenvalue weighted by Crippen LogP contribution is -2.40. The van der Waals surface area contributed by atoms with Gasteiger partial charge in [0.1, 0.15) is 0 Å². The van der Waals surface area contributed by atoms with Crippen molar-refractivity contribution in [2.45, 2.75) is 13.8 Å². The van der Waals surface area contributed by atoms with Gasteiger partial charge in [0.25, 0.3) is 0 Å². The molecule has 0 saturated carbocycles. The van der Waals surface area contributed by atoms with Gasteiger partial charge in [0.2, 0.25) is 0 Å². The maximum absolute atomic E-state index is 11.4. The molecule has 0 bridgehead atoms. The van der Waals surface area contributed by atoms with Crippen LogP contribution in [0, 0.1) is 17.8 Å². The zero-order valence-electron chi connectivity index (χ0n) is 9.72. The molecule has 0 rings (SSSR count). The van der Waals surface area contributed by atoms with Gasteiger partial charge in [0.15, 0.2) is 5.92 Å².